The molecule has 1 aliphatic rings. The average Bonchev–Trinajstić information content (AvgIpc) is 2.11. The highest BCUT2D eigenvalue weighted by Crippen LogP contribution is 2.31. The van der Waals surface area contributed by atoms with Crippen LogP contribution in [0.4, 0.5) is 14.6 Å². The molecule has 2 heterocycles. The van der Waals surface area contributed by atoms with Crippen LogP contribution in [0.1, 0.15) is 0 Å². The first-order chi connectivity index (χ1) is 7.75. The molecule has 1 fully saturated rings. The fraction of sp³-hybridized carbons (Fsp3) is 0.444. The third kappa shape index (κ3) is 3.02. The van der Waals surface area contributed by atoms with Crippen molar-refractivity contribution in [1.29, 1.82) is 0 Å². The molecular weight excluding hydrogens is 254 g/mol. The van der Waals surface area contributed by atoms with Gasteiger partial charge < -0.3 is 9.08 Å². The van der Waals surface area contributed by atoms with Crippen molar-refractivity contribution in [3.05, 3.63) is 18.2 Å². The summed E-state index contributed by atoms with van der Waals surface area (Å²) in [7, 11) is -3.66. The van der Waals surface area contributed by atoms with Crippen molar-refractivity contribution in [2.24, 2.45) is 0 Å². The first-order valence-corrected chi connectivity index (χ1v) is 6.56. The van der Waals surface area contributed by atoms with Crippen LogP contribution >= 0.6 is 0 Å². The van der Waals surface area contributed by atoms with Gasteiger partial charge in [0, 0.05) is 6.07 Å². The van der Waals surface area contributed by atoms with Crippen LogP contribution in [-0.2, 0) is 10.1 Å². The predicted octanol–water partition coefficient (Wildman–Crippen LogP) is 0.875. The quantitative estimate of drug-likeness (QED) is 0.758. The summed E-state index contributed by atoms with van der Waals surface area (Å²) >= 11 is 0. The molecule has 0 aliphatic carbocycles. The van der Waals surface area contributed by atoms with Crippen molar-refractivity contribution in [2.75, 3.05) is 24.2 Å². The molecule has 0 N–H and O–H groups in total. The lowest BCUT2D eigenvalue weighted by Gasteiger charge is -2.39. The second-order valence-corrected chi connectivity index (χ2v) is 5.41. The van der Waals surface area contributed by atoms with E-state index < -0.39 is 29.1 Å². The second kappa shape index (κ2) is 3.80. The Bertz CT molecular complexity index is 525. The van der Waals surface area contributed by atoms with E-state index in [-0.39, 0.29) is 11.7 Å². The number of aromatic nitrogens is 1. The summed E-state index contributed by atoms with van der Waals surface area (Å²) in [6.07, 6.45) is 0.888. The second-order valence-electron chi connectivity index (χ2n) is 3.83. The maximum absolute atomic E-state index is 12.6. The SMILES string of the molecule is CS(=O)(=O)Oc1cccc(N2CC(F)(F)C2)n1. The Labute approximate surface area is 97.1 Å². The Morgan fingerprint density at radius 2 is 2.06 bits per heavy atom. The van der Waals surface area contributed by atoms with E-state index in [0.29, 0.717) is 0 Å². The van der Waals surface area contributed by atoms with Gasteiger partial charge in [-0.3, -0.25) is 0 Å². The smallest absolute Gasteiger partial charge is 0.307 e. The van der Waals surface area contributed by atoms with Crippen LogP contribution in [0, 0.1) is 0 Å². The zero-order valence-corrected chi connectivity index (χ0v) is 9.75. The molecule has 0 radical (unpaired) electrons. The van der Waals surface area contributed by atoms with E-state index in [1.54, 1.807) is 0 Å². The van der Waals surface area contributed by atoms with E-state index in [0.717, 1.165) is 6.26 Å². The highest BCUT2D eigenvalue weighted by molar-refractivity contribution is 7.86. The number of pyridine rings is 1. The monoisotopic (exact) mass is 264 g/mol. The van der Waals surface area contributed by atoms with Crippen LogP contribution in [0.5, 0.6) is 5.88 Å². The Hall–Kier alpha value is -1.44. The molecule has 8 heteroatoms. The van der Waals surface area contributed by atoms with Gasteiger partial charge in [0.2, 0.25) is 5.88 Å². The summed E-state index contributed by atoms with van der Waals surface area (Å²) < 4.78 is 51.6. The van der Waals surface area contributed by atoms with Gasteiger partial charge in [0.05, 0.1) is 19.3 Å². The molecule has 0 amide bonds. The molecule has 0 atom stereocenters. The number of hydrogen-bond acceptors (Lipinski definition) is 5. The molecule has 1 aliphatic heterocycles. The minimum atomic E-state index is -3.66. The van der Waals surface area contributed by atoms with Crippen molar-refractivity contribution >= 4 is 15.9 Å². The molecule has 5 nitrogen and oxygen atoms in total. The summed E-state index contributed by atoms with van der Waals surface area (Å²) in [6, 6.07) is 4.37. The Balaban J connectivity index is 2.13. The zero-order chi connectivity index (χ0) is 12.7. The van der Waals surface area contributed by atoms with Gasteiger partial charge in [-0.2, -0.15) is 13.4 Å². The standard InChI is InChI=1S/C9H10F2N2O3S/c1-17(14,15)16-8-4-2-3-7(12-8)13-5-9(10,11)6-13/h2-4H,5-6H2,1H3. The van der Waals surface area contributed by atoms with Gasteiger partial charge in [-0.15, -0.1) is 0 Å². The van der Waals surface area contributed by atoms with Gasteiger partial charge in [0.1, 0.15) is 5.82 Å². The van der Waals surface area contributed by atoms with Crippen molar-refractivity contribution in [3.63, 3.8) is 0 Å². The van der Waals surface area contributed by atoms with Crippen LogP contribution in [0.2, 0.25) is 0 Å². The van der Waals surface area contributed by atoms with Gasteiger partial charge in [0.15, 0.2) is 0 Å². The maximum Gasteiger partial charge on any atom is 0.307 e. The fourth-order valence-electron chi connectivity index (χ4n) is 1.46. The van der Waals surface area contributed by atoms with E-state index in [1.807, 2.05) is 0 Å². The number of nitrogens with zero attached hydrogens (tertiary/aromatic N) is 2. The number of rotatable bonds is 3. The molecule has 0 spiro atoms. The molecule has 0 unspecified atom stereocenters. The van der Waals surface area contributed by atoms with Gasteiger partial charge in [-0.1, -0.05) is 6.07 Å². The Kier molecular flexibility index (Phi) is 2.69. The predicted molar refractivity (Wildman–Crippen MR) is 56.9 cm³/mol. The highest BCUT2D eigenvalue weighted by Gasteiger charge is 2.44. The molecule has 1 saturated heterocycles. The van der Waals surface area contributed by atoms with Gasteiger partial charge >= 0.3 is 10.1 Å². The van der Waals surface area contributed by atoms with Gasteiger partial charge in [0.25, 0.3) is 5.92 Å². The largest absolute Gasteiger partial charge is 0.362 e. The molecule has 0 saturated carbocycles. The fourth-order valence-corrected chi connectivity index (χ4v) is 1.86. The normalized spacial score (nSPS) is 18.6. The van der Waals surface area contributed by atoms with Crippen molar-refractivity contribution in [1.82, 2.24) is 4.98 Å². The topological polar surface area (TPSA) is 59.5 Å². The molecular formula is C9H10F2N2O3S. The van der Waals surface area contributed by atoms with E-state index in [2.05, 4.69) is 9.17 Å². The number of anilines is 1. The summed E-state index contributed by atoms with van der Waals surface area (Å²) in [5.41, 5.74) is 0. The summed E-state index contributed by atoms with van der Waals surface area (Å²) in [4.78, 5) is 5.18. The van der Waals surface area contributed by atoms with E-state index in [1.165, 1.54) is 23.1 Å². The minimum Gasteiger partial charge on any atom is -0.362 e. The molecule has 94 valence electrons. The van der Waals surface area contributed by atoms with Crippen LogP contribution in [0.15, 0.2) is 18.2 Å². The van der Waals surface area contributed by atoms with E-state index in [9.17, 15) is 17.2 Å². The molecule has 2 rings (SSSR count). The Morgan fingerprint density at radius 1 is 1.41 bits per heavy atom. The lowest BCUT2D eigenvalue weighted by molar-refractivity contribution is -0.0267. The van der Waals surface area contributed by atoms with Crippen molar-refractivity contribution < 1.29 is 21.4 Å². The number of alkyl halides is 2. The van der Waals surface area contributed by atoms with Crippen LogP contribution in [-0.4, -0.2) is 38.7 Å². The van der Waals surface area contributed by atoms with Crippen molar-refractivity contribution in [2.45, 2.75) is 5.92 Å². The first-order valence-electron chi connectivity index (χ1n) is 4.74. The average molecular weight is 264 g/mol. The molecule has 0 bridgehead atoms. The third-order valence-electron chi connectivity index (χ3n) is 2.11. The van der Waals surface area contributed by atoms with E-state index >= 15 is 0 Å². The molecule has 1 aromatic rings. The number of hydrogen-bond donors (Lipinski definition) is 0. The highest BCUT2D eigenvalue weighted by atomic mass is 32.2. The van der Waals surface area contributed by atoms with Gasteiger partial charge in [-0.25, -0.2) is 8.78 Å². The molecule has 17 heavy (non-hydrogen) atoms. The molecule has 1 aromatic heterocycles. The summed E-state index contributed by atoms with van der Waals surface area (Å²) in [5.74, 6) is -2.55. The summed E-state index contributed by atoms with van der Waals surface area (Å²) in [6.45, 7) is -0.829. The van der Waals surface area contributed by atoms with Gasteiger partial charge in [-0.05, 0) is 6.07 Å². The minimum absolute atomic E-state index is 0.125. The lowest BCUT2D eigenvalue weighted by Crippen LogP contribution is -2.56. The summed E-state index contributed by atoms with van der Waals surface area (Å²) in [5, 5.41) is 0. The van der Waals surface area contributed by atoms with Crippen LogP contribution in [0.25, 0.3) is 0 Å². The van der Waals surface area contributed by atoms with Crippen LogP contribution in [0.3, 0.4) is 0 Å². The number of halogens is 2. The first kappa shape index (κ1) is 12.0. The van der Waals surface area contributed by atoms with Crippen molar-refractivity contribution in [3.8, 4) is 5.88 Å². The molecule has 0 aromatic carbocycles. The van der Waals surface area contributed by atoms with E-state index in [4.69, 9.17) is 0 Å². The zero-order valence-electron chi connectivity index (χ0n) is 8.93. The third-order valence-corrected chi connectivity index (χ3v) is 2.59. The Morgan fingerprint density at radius 3 is 2.59 bits per heavy atom. The maximum atomic E-state index is 12.6. The lowest BCUT2D eigenvalue weighted by atomic mass is 10.1. The van der Waals surface area contributed by atoms with Crippen LogP contribution < -0.4 is 9.08 Å².